The van der Waals surface area contributed by atoms with Gasteiger partial charge in [0.2, 0.25) is 0 Å². The lowest BCUT2D eigenvalue weighted by molar-refractivity contribution is 0.0783. The molecule has 3 aromatic rings. The summed E-state index contributed by atoms with van der Waals surface area (Å²) >= 11 is 0. The molecule has 2 aromatic heterocycles. The van der Waals surface area contributed by atoms with Gasteiger partial charge in [-0.1, -0.05) is 18.2 Å². The van der Waals surface area contributed by atoms with E-state index in [9.17, 15) is 4.79 Å². The van der Waals surface area contributed by atoms with Crippen LogP contribution in [0, 0.1) is 6.92 Å². The maximum Gasteiger partial charge on any atom is 0.257 e. The highest BCUT2D eigenvalue weighted by molar-refractivity contribution is 5.94. The summed E-state index contributed by atoms with van der Waals surface area (Å²) in [5.74, 6) is 0.579. The smallest absolute Gasteiger partial charge is 0.257 e. The molecular formula is C17H17N3O2. The van der Waals surface area contributed by atoms with Gasteiger partial charge in [-0.25, -0.2) is 4.68 Å². The minimum absolute atomic E-state index is 0.0567. The van der Waals surface area contributed by atoms with Crippen LogP contribution in [-0.2, 0) is 6.54 Å². The molecular weight excluding hydrogens is 278 g/mol. The average Bonchev–Trinajstić information content (AvgIpc) is 3.16. The van der Waals surface area contributed by atoms with Crippen molar-refractivity contribution >= 4 is 5.91 Å². The molecule has 0 radical (unpaired) electrons. The Hall–Kier alpha value is -2.82. The zero-order valence-electron chi connectivity index (χ0n) is 12.6. The van der Waals surface area contributed by atoms with Gasteiger partial charge in [-0.15, -0.1) is 0 Å². The monoisotopic (exact) mass is 295 g/mol. The quantitative estimate of drug-likeness (QED) is 0.743. The van der Waals surface area contributed by atoms with Crippen LogP contribution in [0.25, 0.3) is 5.69 Å². The first-order chi connectivity index (χ1) is 10.6. The van der Waals surface area contributed by atoms with Crippen LogP contribution in [-0.4, -0.2) is 27.6 Å². The van der Waals surface area contributed by atoms with E-state index >= 15 is 0 Å². The highest BCUT2D eigenvalue weighted by atomic mass is 16.3. The zero-order valence-corrected chi connectivity index (χ0v) is 12.6. The molecule has 3 rings (SSSR count). The molecule has 1 aromatic carbocycles. The third-order valence-corrected chi connectivity index (χ3v) is 3.51. The Morgan fingerprint density at radius 3 is 2.73 bits per heavy atom. The van der Waals surface area contributed by atoms with Gasteiger partial charge in [0.1, 0.15) is 5.76 Å². The molecule has 5 heteroatoms. The molecule has 0 saturated heterocycles. The molecule has 1 amide bonds. The Labute approximate surface area is 128 Å². The number of furan rings is 1. The van der Waals surface area contributed by atoms with Crippen molar-refractivity contribution in [2.24, 2.45) is 0 Å². The third kappa shape index (κ3) is 2.79. The van der Waals surface area contributed by atoms with E-state index < -0.39 is 0 Å². The summed E-state index contributed by atoms with van der Waals surface area (Å²) in [6, 6.07) is 11.6. The van der Waals surface area contributed by atoms with Crippen molar-refractivity contribution in [2.45, 2.75) is 13.5 Å². The predicted octanol–water partition coefficient (Wildman–Crippen LogP) is 3.05. The van der Waals surface area contributed by atoms with E-state index in [1.54, 1.807) is 35.8 Å². The van der Waals surface area contributed by atoms with E-state index in [1.165, 1.54) is 6.26 Å². The Morgan fingerprint density at radius 2 is 2.05 bits per heavy atom. The van der Waals surface area contributed by atoms with Gasteiger partial charge in [-0.2, -0.15) is 5.10 Å². The Kier molecular flexibility index (Phi) is 3.78. The van der Waals surface area contributed by atoms with E-state index in [4.69, 9.17) is 4.42 Å². The number of para-hydroxylation sites is 1. The number of aromatic nitrogens is 2. The summed E-state index contributed by atoms with van der Waals surface area (Å²) in [7, 11) is 1.77. The summed E-state index contributed by atoms with van der Waals surface area (Å²) < 4.78 is 6.99. The van der Waals surface area contributed by atoms with Crippen LogP contribution in [0.1, 0.15) is 21.7 Å². The minimum Gasteiger partial charge on any atom is -0.469 e. The van der Waals surface area contributed by atoms with Crippen molar-refractivity contribution in [2.75, 3.05) is 7.05 Å². The van der Waals surface area contributed by atoms with Crippen LogP contribution in [0.15, 0.2) is 59.5 Å². The number of carbonyl (C=O) groups excluding carboxylic acids is 1. The third-order valence-electron chi connectivity index (χ3n) is 3.51. The van der Waals surface area contributed by atoms with Crippen LogP contribution in [0.2, 0.25) is 0 Å². The van der Waals surface area contributed by atoms with Gasteiger partial charge in [-0.3, -0.25) is 4.79 Å². The zero-order chi connectivity index (χ0) is 15.5. The Bertz CT molecular complexity index is 774. The summed E-state index contributed by atoms with van der Waals surface area (Å²) in [6.07, 6.45) is 5.24. The Morgan fingerprint density at radius 1 is 1.27 bits per heavy atom. The highest BCUT2D eigenvalue weighted by Gasteiger charge is 2.16. The van der Waals surface area contributed by atoms with Crippen molar-refractivity contribution in [1.29, 1.82) is 0 Å². The molecule has 0 aliphatic rings. The molecule has 0 unspecified atom stereocenters. The second-order valence-electron chi connectivity index (χ2n) is 5.18. The van der Waals surface area contributed by atoms with Crippen molar-refractivity contribution in [3.63, 3.8) is 0 Å². The number of aryl methyl sites for hydroxylation is 1. The summed E-state index contributed by atoms with van der Waals surface area (Å²) in [4.78, 5) is 14.0. The van der Waals surface area contributed by atoms with E-state index in [2.05, 4.69) is 5.10 Å². The number of hydrogen-bond acceptors (Lipinski definition) is 3. The standard InChI is InChI=1S/C17H17N3O2/c1-13-16(8-9-22-13)17(21)19(2)11-14-10-18-20(12-14)15-6-4-3-5-7-15/h3-10,12H,11H2,1-2H3. The van der Waals surface area contributed by atoms with Gasteiger partial charge < -0.3 is 9.32 Å². The largest absolute Gasteiger partial charge is 0.469 e. The molecule has 0 atom stereocenters. The number of nitrogens with zero attached hydrogens (tertiary/aromatic N) is 3. The van der Waals surface area contributed by atoms with Gasteiger partial charge in [0.15, 0.2) is 0 Å². The summed E-state index contributed by atoms with van der Waals surface area (Å²) in [5.41, 5.74) is 2.56. The second kappa shape index (κ2) is 5.89. The van der Waals surface area contributed by atoms with Gasteiger partial charge in [-0.05, 0) is 25.1 Å². The normalized spacial score (nSPS) is 10.6. The highest BCUT2D eigenvalue weighted by Crippen LogP contribution is 2.14. The van der Waals surface area contributed by atoms with Crippen molar-refractivity contribution in [1.82, 2.24) is 14.7 Å². The maximum atomic E-state index is 12.3. The molecule has 0 fully saturated rings. The lowest BCUT2D eigenvalue weighted by atomic mass is 10.2. The number of hydrogen-bond donors (Lipinski definition) is 0. The van der Waals surface area contributed by atoms with Crippen molar-refractivity contribution < 1.29 is 9.21 Å². The minimum atomic E-state index is -0.0567. The molecule has 112 valence electrons. The fourth-order valence-corrected chi connectivity index (χ4v) is 2.32. The number of benzene rings is 1. The first kappa shape index (κ1) is 14.1. The Balaban J connectivity index is 1.73. The topological polar surface area (TPSA) is 51.3 Å². The van der Waals surface area contributed by atoms with Crippen molar-refractivity contribution in [3.05, 3.63) is 71.9 Å². The molecule has 0 spiro atoms. The van der Waals surface area contributed by atoms with Crippen LogP contribution >= 0.6 is 0 Å². The summed E-state index contributed by atoms with van der Waals surface area (Å²) in [5, 5.41) is 4.34. The molecule has 0 N–H and O–H groups in total. The average molecular weight is 295 g/mol. The maximum absolute atomic E-state index is 12.3. The molecule has 2 heterocycles. The molecule has 0 bridgehead atoms. The van der Waals surface area contributed by atoms with Crippen LogP contribution in [0.5, 0.6) is 0 Å². The lowest BCUT2D eigenvalue weighted by Gasteiger charge is -2.15. The van der Waals surface area contributed by atoms with E-state index in [0.29, 0.717) is 17.9 Å². The number of rotatable bonds is 4. The van der Waals surface area contributed by atoms with E-state index in [-0.39, 0.29) is 5.91 Å². The second-order valence-corrected chi connectivity index (χ2v) is 5.18. The first-order valence-corrected chi connectivity index (χ1v) is 7.03. The van der Waals surface area contributed by atoms with E-state index in [0.717, 1.165) is 11.3 Å². The van der Waals surface area contributed by atoms with Crippen LogP contribution < -0.4 is 0 Å². The molecule has 5 nitrogen and oxygen atoms in total. The number of amides is 1. The van der Waals surface area contributed by atoms with Gasteiger partial charge >= 0.3 is 0 Å². The number of carbonyl (C=O) groups is 1. The van der Waals surface area contributed by atoms with Crippen molar-refractivity contribution in [3.8, 4) is 5.69 Å². The predicted molar refractivity (Wildman–Crippen MR) is 82.8 cm³/mol. The van der Waals surface area contributed by atoms with Crippen LogP contribution in [0.4, 0.5) is 0 Å². The molecule has 0 aliphatic carbocycles. The van der Waals surface area contributed by atoms with E-state index in [1.807, 2.05) is 36.5 Å². The SMILES string of the molecule is Cc1occc1C(=O)N(C)Cc1cnn(-c2ccccc2)c1. The summed E-state index contributed by atoms with van der Waals surface area (Å²) in [6.45, 7) is 2.28. The lowest BCUT2D eigenvalue weighted by Crippen LogP contribution is -2.26. The van der Waals surface area contributed by atoms with Gasteiger partial charge in [0.05, 0.1) is 23.7 Å². The fraction of sp³-hybridized carbons (Fsp3) is 0.176. The fourth-order valence-electron chi connectivity index (χ4n) is 2.32. The molecule has 22 heavy (non-hydrogen) atoms. The first-order valence-electron chi connectivity index (χ1n) is 7.03. The van der Waals surface area contributed by atoms with Gasteiger partial charge in [0, 0.05) is 25.4 Å². The molecule has 0 saturated carbocycles. The molecule has 0 aliphatic heterocycles. The van der Waals surface area contributed by atoms with Gasteiger partial charge in [0.25, 0.3) is 5.91 Å². The van der Waals surface area contributed by atoms with Crippen LogP contribution in [0.3, 0.4) is 0 Å².